The Balaban J connectivity index is 1.44. The van der Waals surface area contributed by atoms with Gasteiger partial charge in [0, 0.05) is 48.1 Å². The molecule has 0 unspecified atom stereocenters. The summed E-state index contributed by atoms with van der Waals surface area (Å²) >= 11 is 1.60. The second kappa shape index (κ2) is 14.8. The molecule has 0 spiro atoms. The maximum atomic E-state index is 15.1. The van der Waals surface area contributed by atoms with Crippen LogP contribution >= 0.6 is 11.3 Å². The van der Waals surface area contributed by atoms with Gasteiger partial charge in [-0.1, -0.05) is 77.9 Å². The number of carbonyl (C=O) groups excluding carboxylic acids is 4. The SMILES string of the molecule is Cc1cc(C)cc(C(=O)N(C)[C@@H](Cc2ccc(-c3ccsc3)cc2)C(=O)N(C(=O)c2ccccc2)[C@@H](Cc2c[nH]c3ccccc23)C(N)=O)c1. The van der Waals surface area contributed by atoms with E-state index in [-0.39, 0.29) is 24.3 Å². The molecule has 0 aliphatic rings. The number of H-pyrrole nitrogens is 1. The Morgan fingerprint density at radius 1 is 0.740 bits per heavy atom. The number of thiophene rings is 1. The number of hydrogen-bond donors (Lipinski definition) is 2. The van der Waals surface area contributed by atoms with Crippen molar-refractivity contribution in [1.82, 2.24) is 14.8 Å². The van der Waals surface area contributed by atoms with Crippen molar-refractivity contribution in [3.63, 3.8) is 0 Å². The van der Waals surface area contributed by atoms with Crippen LogP contribution in [0.25, 0.3) is 22.0 Å². The molecule has 0 aliphatic carbocycles. The fourth-order valence-electron chi connectivity index (χ4n) is 6.42. The molecule has 0 saturated carbocycles. The number of para-hydroxylation sites is 1. The van der Waals surface area contributed by atoms with Gasteiger partial charge < -0.3 is 15.6 Å². The molecule has 3 N–H and O–H groups in total. The van der Waals surface area contributed by atoms with Gasteiger partial charge in [0.05, 0.1) is 0 Å². The summed E-state index contributed by atoms with van der Waals surface area (Å²) in [5, 5.41) is 4.92. The van der Waals surface area contributed by atoms with Crippen LogP contribution < -0.4 is 5.73 Å². The number of carbonyl (C=O) groups is 4. The van der Waals surface area contributed by atoms with Crippen molar-refractivity contribution in [3.05, 3.63) is 153 Å². The Morgan fingerprint density at radius 3 is 2.08 bits per heavy atom. The Labute approximate surface area is 295 Å². The quantitative estimate of drug-likeness (QED) is 0.154. The Hall–Kier alpha value is -5.80. The lowest BCUT2D eigenvalue weighted by Crippen LogP contribution is -2.58. The van der Waals surface area contributed by atoms with Crippen LogP contribution in [0.1, 0.15) is 43.0 Å². The molecule has 4 aromatic carbocycles. The number of primary amides is 1. The van der Waals surface area contributed by atoms with E-state index in [2.05, 4.69) is 10.4 Å². The Kier molecular flexibility index (Phi) is 10.1. The van der Waals surface area contributed by atoms with Gasteiger partial charge in [-0.25, -0.2) is 0 Å². The molecule has 8 nitrogen and oxygen atoms in total. The molecule has 0 bridgehead atoms. The molecule has 0 fully saturated rings. The summed E-state index contributed by atoms with van der Waals surface area (Å²) in [4.78, 5) is 62.5. The van der Waals surface area contributed by atoms with Gasteiger partial charge in [-0.3, -0.25) is 24.1 Å². The first kappa shape index (κ1) is 34.1. The minimum absolute atomic E-state index is 0.0134. The summed E-state index contributed by atoms with van der Waals surface area (Å²) in [6.45, 7) is 3.81. The predicted octanol–water partition coefficient (Wildman–Crippen LogP) is 6.96. The minimum atomic E-state index is -1.34. The number of amides is 4. The maximum Gasteiger partial charge on any atom is 0.261 e. The standard InChI is InChI=1S/C41H38N4O4S/c1-26-19-27(2)21-32(20-26)39(47)44(3)37(22-28-13-15-29(16-14-28)31-17-18-50-25-31)41(49)45(40(48)30-9-5-4-6-10-30)36(38(42)46)23-33-24-43-35-12-8-7-11-34(33)35/h4-21,24-25,36-37,43H,22-23H2,1-3H3,(H2,42,46)/t36-,37-/m0/s1. The van der Waals surface area contributed by atoms with Gasteiger partial charge >= 0.3 is 0 Å². The summed E-state index contributed by atoms with van der Waals surface area (Å²) in [7, 11) is 1.56. The topological polar surface area (TPSA) is 117 Å². The largest absolute Gasteiger partial charge is 0.368 e. The summed E-state index contributed by atoms with van der Waals surface area (Å²) < 4.78 is 0. The number of benzene rings is 4. The van der Waals surface area contributed by atoms with Gasteiger partial charge in [0.1, 0.15) is 12.1 Å². The molecular formula is C41H38N4O4S. The highest BCUT2D eigenvalue weighted by Crippen LogP contribution is 2.26. The number of hydrogen-bond acceptors (Lipinski definition) is 5. The summed E-state index contributed by atoms with van der Waals surface area (Å²) in [6.07, 6.45) is 1.84. The van der Waals surface area contributed by atoms with Gasteiger partial charge in [-0.2, -0.15) is 11.3 Å². The second-order valence-corrected chi connectivity index (χ2v) is 13.4. The normalized spacial score (nSPS) is 12.3. The van der Waals surface area contributed by atoms with Crippen molar-refractivity contribution in [2.75, 3.05) is 7.05 Å². The molecule has 0 radical (unpaired) electrons. The lowest BCUT2D eigenvalue weighted by molar-refractivity contribution is -0.139. The molecule has 2 aromatic heterocycles. The number of aromatic nitrogens is 1. The third-order valence-electron chi connectivity index (χ3n) is 8.98. The highest BCUT2D eigenvalue weighted by Gasteiger charge is 2.41. The zero-order valence-corrected chi connectivity index (χ0v) is 28.9. The van der Waals surface area contributed by atoms with E-state index in [9.17, 15) is 14.4 Å². The summed E-state index contributed by atoms with van der Waals surface area (Å²) in [5.74, 6) is -2.60. The van der Waals surface area contributed by atoms with Crippen molar-refractivity contribution >= 4 is 45.9 Å². The van der Waals surface area contributed by atoms with Crippen LogP contribution in [-0.4, -0.2) is 57.5 Å². The van der Waals surface area contributed by atoms with Crippen molar-refractivity contribution in [3.8, 4) is 11.1 Å². The fourth-order valence-corrected chi connectivity index (χ4v) is 7.09. The fraction of sp³-hybridized carbons (Fsp3) is 0.171. The van der Waals surface area contributed by atoms with Crippen molar-refractivity contribution in [2.45, 2.75) is 38.8 Å². The van der Waals surface area contributed by atoms with E-state index in [1.54, 1.807) is 67.0 Å². The number of imide groups is 1. The van der Waals surface area contributed by atoms with Gasteiger partial charge in [-0.05, 0) is 83.3 Å². The zero-order valence-electron chi connectivity index (χ0n) is 28.1. The van der Waals surface area contributed by atoms with Crippen LogP contribution in [0.2, 0.25) is 0 Å². The number of rotatable bonds is 11. The van der Waals surface area contributed by atoms with Crippen molar-refractivity contribution in [2.24, 2.45) is 5.73 Å². The number of likely N-dealkylation sites (N-methyl/N-ethyl adjacent to an activating group) is 1. The minimum Gasteiger partial charge on any atom is -0.368 e. The van der Waals surface area contributed by atoms with E-state index in [4.69, 9.17) is 5.73 Å². The number of fused-ring (bicyclic) bond motifs is 1. The summed E-state index contributed by atoms with van der Waals surface area (Å²) in [5.41, 5.74) is 12.9. The van der Waals surface area contributed by atoms with Crippen LogP contribution in [0.3, 0.4) is 0 Å². The third-order valence-corrected chi connectivity index (χ3v) is 9.67. The number of aromatic amines is 1. The monoisotopic (exact) mass is 682 g/mol. The molecule has 252 valence electrons. The number of nitrogens with one attached hydrogen (secondary N) is 1. The van der Waals surface area contributed by atoms with Gasteiger partial charge in [-0.15, -0.1) is 0 Å². The predicted molar refractivity (Wildman–Crippen MR) is 198 cm³/mol. The second-order valence-electron chi connectivity index (χ2n) is 12.6. The number of nitrogens with zero attached hydrogens (tertiary/aromatic N) is 2. The summed E-state index contributed by atoms with van der Waals surface area (Å²) in [6, 6.07) is 28.8. The first-order chi connectivity index (χ1) is 24.1. The van der Waals surface area contributed by atoms with Crippen LogP contribution in [0.15, 0.2) is 120 Å². The smallest absolute Gasteiger partial charge is 0.261 e. The van der Waals surface area contributed by atoms with Crippen molar-refractivity contribution < 1.29 is 19.2 Å². The molecule has 6 rings (SSSR count). The molecule has 2 atom stereocenters. The Bertz CT molecular complexity index is 2140. The lowest BCUT2D eigenvalue weighted by atomic mass is 9.97. The van der Waals surface area contributed by atoms with E-state index in [0.717, 1.165) is 49.2 Å². The third kappa shape index (κ3) is 7.28. The van der Waals surface area contributed by atoms with E-state index < -0.39 is 29.8 Å². The van der Waals surface area contributed by atoms with Gasteiger partial charge in [0.25, 0.3) is 17.7 Å². The molecule has 0 saturated heterocycles. The highest BCUT2D eigenvalue weighted by atomic mass is 32.1. The van der Waals surface area contributed by atoms with Crippen LogP contribution in [0, 0.1) is 13.8 Å². The van der Waals surface area contributed by atoms with Crippen LogP contribution in [0.4, 0.5) is 0 Å². The molecule has 6 aromatic rings. The Morgan fingerprint density at radius 2 is 1.42 bits per heavy atom. The van der Waals surface area contributed by atoms with E-state index in [0.29, 0.717) is 5.56 Å². The van der Waals surface area contributed by atoms with Crippen LogP contribution in [-0.2, 0) is 22.4 Å². The molecule has 9 heteroatoms. The first-order valence-corrected chi connectivity index (χ1v) is 17.3. The van der Waals surface area contributed by atoms with E-state index in [1.807, 2.05) is 79.9 Å². The first-order valence-electron chi connectivity index (χ1n) is 16.3. The zero-order chi connectivity index (χ0) is 35.4. The molecule has 0 aliphatic heterocycles. The average molecular weight is 683 g/mol. The number of aryl methyl sites for hydroxylation is 2. The maximum absolute atomic E-state index is 15.1. The van der Waals surface area contributed by atoms with Gasteiger partial charge in [0.2, 0.25) is 5.91 Å². The van der Waals surface area contributed by atoms with Crippen molar-refractivity contribution in [1.29, 1.82) is 0 Å². The van der Waals surface area contributed by atoms with E-state index >= 15 is 4.79 Å². The van der Waals surface area contributed by atoms with Crippen LogP contribution in [0.5, 0.6) is 0 Å². The average Bonchev–Trinajstić information content (AvgIpc) is 3.81. The van der Waals surface area contributed by atoms with Gasteiger partial charge in [0.15, 0.2) is 0 Å². The van der Waals surface area contributed by atoms with E-state index in [1.165, 1.54) is 4.90 Å². The number of nitrogens with two attached hydrogens (primary N) is 1. The lowest BCUT2D eigenvalue weighted by Gasteiger charge is -2.35. The molecule has 50 heavy (non-hydrogen) atoms. The molecule has 4 amide bonds. The highest BCUT2D eigenvalue weighted by molar-refractivity contribution is 7.08. The molecule has 2 heterocycles. The molecular weight excluding hydrogens is 645 g/mol.